The molecule has 110 valence electrons. The molecule has 1 unspecified atom stereocenters. The minimum absolute atomic E-state index is 0.0342. The molecule has 1 rings (SSSR count). The molecular formula is C14H26N2O3. The first-order chi connectivity index (χ1) is 8.80. The molecule has 1 aliphatic carbocycles. The molecule has 1 saturated carbocycles. The van der Waals surface area contributed by atoms with E-state index in [0.717, 1.165) is 25.7 Å². The Hall–Kier alpha value is -1.10. The van der Waals surface area contributed by atoms with Crippen LogP contribution in [0.4, 0.5) is 0 Å². The van der Waals surface area contributed by atoms with Crippen molar-refractivity contribution < 1.29 is 14.7 Å². The predicted molar refractivity (Wildman–Crippen MR) is 73.4 cm³/mol. The van der Waals surface area contributed by atoms with Gasteiger partial charge in [-0.2, -0.15) is 0 Å². The first-order valence-corrected chi connectivity index (χ1v) is 7.04. The Kier molecular flexibility index (Phi) is 5.79. The second-order valence-electron chi connectivity index (χ2n) is 6.35. The van der Waals surface area contributed by atoms with Crippen LogP contribution >= 0.6 is 0 Å². The topological polar surface area (TPSA) is 78.4 Å². The summed E-state index contributed by atoms with van der Waals surface area (Å²) in [6, 6.07) is 0. The molecule has 0 radical (unpaired) electrons. The van der Waals surface area contributed by atoms with Crippen molar-refractivity contribution in [1.29, 1.82) is 0 Å². The second-order valence-corrected chi connectivity index (χ2v) is 6.35. The van der Waals surface area contributed by atoms with Crippen LogP contribution in [0.2, 0.25) is 0 Å². The van der Waals surface area contributed by atoms with Gasteiger partial charge >= 0.3 is 0 Å². The van der Waals surface area contributed by atoms with Crippen LogP contribution in [0.5, 0.6) is 0 Å². The van der Waals surface area contributed by atoms with E-state index in [1.165, 1.54) is 0 Å². The monoisotopic (exact) mass is 270 g/mol. The van der Waals surface area contributed by atoms with E-state index in [1.807, 2.05) is 0 Å². The van der Waals surface area contributed by atoms with Crippen LogP contribution in [0.3, 0.4) is 0 Å². The zero-order valence-electron chi connectivity index (χ0n) is 12.2. The lowest BCUT2D eigenvalue weighted by molar-refractivity contribution is -0.131. The van der Waals surface area contributed by atoms with Crippen molar-refractivity contribution in [2.75, 3.05) is 13.1 Å². The van der Waals surface area contributed by atoms with Crippen molar-refractivity contribution in [1.82, 2.24) is 10.6 Å². The minimum Gasteiger partial charge on any atom is -0.391 e. The summed E-state index contributed by atoms with van der Waals surface area (Å²) in [4.78, 5) is 23.1. The van der Waals surface area contributed by atoms with E-state index in [-0.39, 0.29) is 24.9 Å². The van der Waals surface area contributed by atoms with Gasteiger partial charge in [0.15, 0.2) is 0 Å². The molecule has 0 spiro atoms. The van der Waals surface area contributed by atoms with Crippen molar-refractivity contribution >= 4 is 11.8 Å². The van der Waals surface area contributed by atoms with E-state index in [4.69, 9.17) is 0 Å². The van der Waals surface area contributed by atoms with E-state index in [1.54, 1.807) is 20.8 Å². The SMILES string of the molecule is CC(C)(C)C(=O)NCC(=O)NCC(O)C1CCCC1. The quantitative estimate of drug-likeness (QED) is 0.692. The highest BCUT2D eigenvalue weighted by Crippen LogP contribution is 2.27. The molecule has 0 aromatic rings. The smallest absolute Gasteiger partial charge is 0.239 e. The number of aliphatic hydroxyl groups excluding tert-OH is 1. The number of aliphatic hydroxyl groups is 1. The van der Waals surface area contributed by atoms with Gasteiger partial charge in [0.25, 0.3) is 0 Å². The third-order valence-corrected chi connectivity index (χ3v) is 3.54. The Bertz CT molecular complexity index is 317. The van der Waals surface area contributed by atoms with Gasteiger partial charge in [0.1, 0.15) is 0 Å². The third kappa shape index (κ3) is 5.59. The van der Waals surface area contributed by atoms with Gasteiger partial charge in [-0.3, -0.25) is 9.59 Å². The van der Waals surface area contributed by atoms with Crippen LogP contribution in [0.15, 0.2) is 0 Å². The van der Waals surface area contributed by atoms with Crippen LogP contribution in [0, 0.1) is 11.3 Å². The maximum Gasteiger partial charge on any atom is 0.239 e. The van der Waals surface area contributed by atoms with E-state index in [0.29, 0.717) is 5.92 Å². The van der Waals surface area contributed by atoms with Crippen LogP contribution < -0.4 is 10.6 Å². The summed E-state index contributed by atoms with van der Waals surface area (Å²) in [5.41, 5.74) is -0.496. The van der Waals surface area contributed by atoms with Crippen LogP contribution in [0.25, 0.3) is 0 Å². The average Bonchev–Trinajstić information content (AvgIpc) is 2.85. The number of amides is 2. The average molecular weight is 270 g/mol. The molecule has 1 aliphatic rings. The predicted octanol–water partition coefficient (Wildman–Crippen LogP) is 0.816. The molecule has 0 aromatic heterocycles. The van der Waals surface area contributed by atoms with Gasteiger partial charge in [0.05, 0.1) is 12.6 Å². The fraction of sp³-hybridized carbons (Fsp3) is 0.857. The number of rotatable bonds is 5. The molecule has 0 saturated heterocycles. The van der Waals surface area contributed by atoms with Gasteiger partial charge in [0, 0.05) is 12.0 Å². The van der Waals surface area contributed by atoms with Gasteiger partial charge < -0.3 is 15.7 Å². The minimum atomic E-state index is -0.496. The molecule has 2 amide bonds. The lowest BCUT2D eigenvalue weighted by Crippen LogP contribution is -2.44. The summed E-state index contributed by atoms with van der Waals surface area (Å²) >= 11 is 0. The maximum atomic E-state index is 11.6. The lowest BCUT2D eigenvalue weighted by Gasteiger charge is -2.19. The zero-order chi connectivity index (χ0) is 14.5. The highest BCUT2D eigenvalue weighted by atomic mass is 16.3. The summed E-state index contributed by atoms with van der Waals surface area (Å²) < 4.78 is 0. The Morgan fingerprint density at radius 1 is 1.21 bits per heavy atom. The molecule has 0 aliphatic heterocycles. The first kappa shape index (κ1) is 16.0. The summed E-state index contributed by atoms with van der Waals surface area (Å²) in [5, 5.41) is 15.1. The fourth-order valence-corrected chi connectivity index (χ4v) is 2.22. The standard InChI is InChI=1S/C14H26N2O3/c1-14(2,3)13(19)16-9-12(18)15-8-11(17)10-6-4-5-7-10/h10-11,17H,4-9H2,1-3H3,(H,15,18)(H,16,19). The maximum absolute atomic E-state index is 11.6. The van der Waals surface area contributed by atoms with Crippen molar-refractivity contribution in [3.8, 4) is 0 Å². The molecule has 5 nitrogen and oxygen atoms in total. The number of nitrogens with one attached hydrogen (secondary N) is 2. The molecular weight excluding hydrogens is 244 g/mol. The Balaban J connectivity index is 2.19. The van der Waals surface area contributed by atoms with Crippen molar-refractivity contribution in [2.45, 2.75) is 52.6 Å². The molecule has 0 aromatic carbocycles. The Morgan fingerprint density at radius 2 is 1.79 bits per heavy atom. The van der Waals surface area contributed by atoms with Crippen molar-refractivity contribution in [3.63, 3.8) is 0 Å². The number of hydrogen-bond donors (Lipinski definition) is 3. The van der Waals surface area contributed by atoms with Crippen LogP contribution in [-0.4, -0.2) is 36.1 Å². The van der Waals surface area contributed by atoms with E-state index in [9.17, 15) is 14.7 Å². The normalized spacial score (nSPS) is 18.1. The summed E-state index contributed by atoms with van der Waals surface area (Å²) in [5.74, 6) is -0.0990. The van der Waals surface area contributed by atoms with Crippen LogP contribution in [0.1, 0.15) is 46.5 Å². The van der Waals surface area contributed by atoms with Gasteiger partial charge in [-0.25, -0.2) is 0 Å². The highest BCUT2D eigenvalue weighted by Gasteiger charge is 2.24. The molecule has 1 fully saturated rings. The third-order valence-electron chi connectivity index (χ3n) is 3.54. The van der Waals surface area contributed by atoms with Gasteiger partial charge in [-0.05, 0) is 18.8 Å². The molecule has 1 atom stereocenters. The number of hydrogen-bond acceptors (Lipinski definition) is 3. The van der Waals surface area contributed by atoms with E-state index in [2.05, 4.69) is 10.6 Å². The molecule has 19 heavy (non-hydrogen) atoms. The summed E-state index contributed by atoms with van der Waals surface area (Å²) in [7, 11) is 0. The van der Waals surface area contributed by atoms with E-state index >= 15 is 0 Å². The highest BCUT2D eigenvalue weighted by molar-refractivity contribution is 5.87. The number of carbonyl (C=O) groups excluding carboxylic acids is 2. The lowest BCUT2D eigenvalue weighted by atomic mass is 9.96. The van der Waals surface area contributed by atoms with Crippen molar-refractivity contribution in [3.05, 3.63) is 0 Å². The van der Waals surface area contributed by atoms with Gasteiger partial charge in [0.2, 0.25) is 11.8 Å². The second kappa shape index (κ2) is 6.89. The Morgan fingerprint density at radius 3 is 2.32 bits per heavy atom. The first-order valence-electron chi connectivity index (χ1n) is 7.04. The van der Waals surface area contributed by atoms with Crippen LogP contribution in [-0.2, 0) is 9.59 Å². The summed E-state index contributed by atoms with van der Waals surface area (Å²) in [6.07, 6.45) is 3.94. The largest absolute Gasteiger partial charge is 0.391 e. The van der Waals surface area contributed by atoms with Crippen molar-refractivity contribution in [2.24, 2.45) is 11.3 Å². The summed E-state index contributed by atoms with van der Waals surface area (Å²) in [6.45, 7) is 5.63. The number of carbonyl (C=O) groups is 2. The van der Waals surface area contributed by atoms with E-state index < -0.39 is 11.5 Å². The van der Waals surface area contributed by atoms with Gasteiger partial charge in [-0.15, -0.1) is 0 Å². The molecule has 0 heterocycles. The zero-order valence-corrected chi connectivity index (χ0v) is 12.2. The molecule has 3 N–H and O–H groups in total. The molecule has 0 bridgehead atoms. The Labute approximate surface area is 115 Å². The van der Waals surface area contributed by atoms with Gasteiger partial charge in [-0.1, -0.05) is 33.6 Å². The molecule has 5 heteroatoms. The fourth-order valence-electron chi connectivity index (χ4n) is 2.22.